The Kier molecular flexibility index (Phi) is 6.97. The molecule has 0 bridgehead atoms. The normalized spacial score (nSPS) is 11.1. The van der Waals surface area contributed by atoms with Gasteiger partial charge in [-0.25, -0.2) is 13.2 Å². The van der Waals surface area contributed by atoms with Gasteiger partial charge in [-0.1, -0.05) is 42.5 Å². The average Bonchev–Trinajstić information content (AvgIpc) is 2.61. The molecule has 0 spiro atoms. The van der Waals surface area contributed by atoms with E-state index in [1.54, 1.807) is 12.1 Å². The molecule has 0 fully saturated rings. The van der Waals surface area contributed by atoms with Crippen molar-refractivity contribution in [3.05, 3.63) is 65.7 Å². The standard InChI is InChI=1S/C18H22N2O4S/c21-12-13-25(23,24)17-8-6-16(7-9-17)14-20-18(22)19-11-10-15-4-2-1-3-5-15/h1-9,21H,10-14H2,(H2,19,20,22). The number of sulfone groups is 1. The molecule has 0 radical (unpaired) electrons. The lowest BCUT2D eigenvalue weighted by Crippen LogP contribution is -2.36. The number of carbonyl (C=O) groups is 1. The number of nitrogens with one attached hydrogen (secondary N) is 2. The van der Waals surface area contributed by atoms with Crippen molar-refractivity contribution >= 4 is 15.9 Å². The van der Waals surface area contributed by atoms with E-state index < -0.39 is 16.4 Å². The van der Waals surface area contributed by atoms with Gasteiger partial charge >= 0.3 is 6.03 Å². The summed E-state index contributed by atoms with van der Waals surface area (Å²) in [4.78, 5) is 11.9. The first-order chi connectivity index (χ1) is 12.0. The molecule has 3 N–H and O–H groups in total. The Balaban J connectivity index is 1.76. The molecule has 0 saturated heterocycles. The molecule has 0 heterocycles. The maximum Gasteiger partial charge on any atom is 0.315 e. The van der Waals surface area contributed by atoms with E-state index in [1.165, 1.54) is 12.1 Å². The molecule has 2 aromatic rings. The molecular formula is C18H22N2O4S. The molecule has 0 atom stereocenters. The van der Waals surface area contributed by atoms with Gasteiger partial charge in [0.2, 0.25) is 0 Å². The zero-order valence-electron chi connectivity index (χ0n) is 13.8. The van der Waals surface area contributed by atoms with E-state index in [4.69, 9.17) is 5.11 Å². The van der Waals surface area contributed by atoms with Crippen LogP contribution < -0.4 is 10.6 Å². The highest BCUT2D eigenvalue weighted by Gasteiger charge is 2.13. The van der Waals surface area contributed by atoms with Crippen molar-refractivity contribution in [1.82, 2.24) is 10.6 Å². The van der Waals surface area contributed by atoms with Gasteiger partial charge in [0.1, 0.15) is 0 Å². The lowest BCUT2D eigenvalue weighted by atomic mass is 10.1. The van der Waals surface area contributed by atoms with Crippen molar-refractivity contribution in [1.29, 1.82) is 0 Å². The van der Waals surface area contributed by atoms with E-state index in [0.29, 0.717) is 13.1 Å². The summed E-state index contributed by atoms with van der Waals surface area (Å²) in [5.74, 6) is -0.297. The second-order valence-electron chi connectivity index (χ2n) is 5.53. The zero-order chi connectivity index (χ0) is 18.1. The maximum absolute atomic E-state index is 11.8. The minimum atomic E-state index is -3.45. The third-order valence-corrected chi connectivity index (χ3v) is 5.35. The fourth-order valence-electron chi connectivity index (χ4n) is 2.26. The molecule has 134 valence electrons. The van der Waals surface area contributed by atoms with E-state index in [-0.39, 0.29) is 16.7 Å². The van der Waals surface area contributed by atoms with Crippen molar-refractivity contribution in [3.63, 3.8) is 0 Å². The maximum atomic E-state index is 11.8. The van der Waals surface area contributed by atoms with Gasteiger partial charge < -0.3 is 15.7 Å². The molecule has 2 amide bonds. The SMILES string of the molecule is O=C(NCCc1ccccc1)NCc1ccc(S(=O)(=O)CCO)cc1. The largest absolute Gasteiger partial charge is 0.395 e. The lowest BCUT2D eigenvalue weighted by Gasteiger charge is -2.09. The summed E-state index contributed by atoms with van der Waals surface area (Å²) in [7, 11) is -3.45. The van der Waals surface area contributed by atoms with Crippen LogP contribution in [0.15, 0.2) is 59.5 Å². The quantitative estimate of drug-likeness (QED) is 0.663. The highest BCUT2D eigenvalue weighted by molar-refractivity contribution is 7.91. The molecule has 25 heavy (non-hydrogen) atoms. The smallest absolute Gasteiger partial charge is 0.315 e. The summed E-state index contributed by atoms with van der Waals surface area (Å²) >= 11 is 0. The van der Waals surface area contributed by atoms with Crippen molar-refractivity contribution in [2.24, 2.45) is 0 Å². The van der Waals surface area contributed by atoms with Crippen LogP contribution in [0.2, 0.25) is 0 Å². The summed E-state index contributed by atoms with van der Waals surface area (Å²) in [5.41, 5.74) is 1.95. The van der Waals surface area contributed by atoms with Crippen LogP contribution in [0.3, 0.4) is 0 Å². The van der Waals surface area contributed by atoms with Crippen molar-refractivity contribution in [2.75, 3.05) is 18.9 Å². The predicted octanol–water partition coefficient (Wildman–Crippen LogP) is 1.49. The summed E-state index contributed by atoms with van der Waals surface area (Å²) in [6, 6.07) is 15.9. The van der Waals surface area contributed by atoms with Gasteiger partial charge in [0.25, 0.3) is 0 Å². The number of hydrogen-bond acceptors (Lipinski definition) is 4. The molecule has 0 aliphatic heterocycles. The average molecular weight is 362 g/mol. The first-order valence-electron chi connectivity index (χ1n) is 7.99. The molecule has 0 aliphatic carbocycles. The van der Waals surface area contributed by atoms with Crippen LogP contribution in [0.25, 0.3) is 0 Å². The number of aliphatic hydroxyl groups is 1. The van der Waals surface area contributed by atoms with E-state index >= 15 is 0 Å². The fourth-order valence-corrected chi connectivity index (χ4v) is 3.29. The Hall–Kier alpha value is -2.38. The first-order valence-corrected chi connectivity index (χ1v) is 9.65. The fraction of sp³-hybridized carbons (Fsp3) is 0.278. The number of aliphatic hydroxyl groups excluding tert-OH is 1. The van der Waals surface area contributed by atoms with Crippen LogP contribution in [-0.4, -0.2) is 38.5 Å². The van der Waals surface area contributed by atoms with Crippen LogP contribution in [0.4, 0.5) is 4.79 Å². The molecule has 0 saturated carbocycles. The van der Waals surface area contributed by atoms with Crippen molar-refractivity contribution in [3.8, 4) is 0 Å². The second kappa shape index (κ2) is 9.19. The monoisotopic (exact) mass is 362 g/mol. The highest BCUT2D eigenvalue weighted by atomic mass is 32.2. The number of urea groups is 1. The Morgan fingerprint density at radius 3 is 2.24 bits per heavy atom. The third-order valence-electron chi connectivity index (χ3n) is 3.64. The third kappa shape index (κ3) is 6.21. The lowest BCUT2D eigenvalue weighted by molar-refractivity contribution is 0.240. The molecule has 2 aromatic carbocycles. The van der Waals surface area contributed by atoms with Gasteiger partial charge in [0, 0.05) is 13.1 Å². The number of hydrogen-bond donors (Lipinski definition) is 3. The van der Waals surface area contributed by atoms with Crippen molar-refractivity contribution in [2.45, 2.75) is 17.9 Å². The Morgan fingerprint density at radius 1 is 0.920 bits per heavy atom. The second-order valence-corrected chi connectivity index (χ2v) is 7.64. The molecule has 0 aromatic heterocycles. The molecule has 0 unspecified atom stereocenters. The Labute approximate surface area is 147 Å². The van der Waals surface area contributed by atoms with Crippen LogP contribution in [0.5, 0.6) is 0 Å². The van der Waals surface area contributed by atoms with Gasteiger partial charge in [-0.15, -0.1) is 0 Å². The molecule has 0 aliphatic rings. The van der Waals surface area contributed by atoms with E-state index in [1.807, 2.05) is 30.3 Å². The molecule has 6 nitrogen and oxygen atoms in total. The minimum absolute atomic E-state index is 0.164. The highest BCUT2D eigenvalue weighted by Crippen LogP contribution is 2.12. The Morgan fingerprint density at radius 2 is 1.60 bits per heavy atom. The topological polar surface area (TPSA) is 95.5 Å². The molecular weight excluding hydrogens is 340 g/mol. The van der Waals surface area contributed by atoms with Crippen molar-refractivity contribution < 1.29 is 18.3 Å². The van der Waals surface area contributed by atoms with Gasteiger partial charge in [-0.2, -0.15) is 0 Å². The zero-order valence-corrected chi connectivity index (χ0v) is 14.6. The van der Waals surface area contributed by atoms with E-state index in [9.17, 15) is 13.2 Å². The van der Waals surface area contributed by atoms with Crippen LogP contribution in [-0.2, 0) is 22.8 Å². The summed E-state index contributed by atoms with van der Waals surface area (Å²) in [6.45, 7) is 0.431. The van der Waals surface area contributed by atoms with Gasteiger partial charge in [-0.05, 0) is 29.7 Å². The summed E-state index contributed by atoms with van der Waals surface area (Å²) in [5, 5.41) is 14.3. The van der Waals surface area contributed by atoms with Gasteiger partial charge in [-0.3, -0.25) is 0 Å². The van der Waals surface area contributed by atoms with Crippen LogP contribution >= 0.6 is 0 Å². The van der Waals surface area contributed by atoms with Gasteiger partial charge in [0.15, 0.2) is 9.84 Å². The van der Waals surface area contributed by atoms with E-state index in [2.05, 4.69) is 10.6 Å². The molecule has 2 rings (SSSR count). The van der Waals surface area contributed by atoms with Gasteiger partial charge in [0.05, 0.1) is 17.3 Å². The first kappa shape index (κ1) is 19.0. The summed E-state index contributed by atoms with van der Waals surface area (Å²) in [6.07, 6.45) is 0.756. The number of rotatable bonds is 8. The molecule has 7 heteroatoms. The van der Waals surface area contributed by atoms with Crippen LogP contribution in [0, 0.1) is 0 Å². The van der Waals surface area contributed by atoms with E-state index in [0.717, 1.165) is 17.5 Å². The van der Waals surface area contributed by atoms with Crippen LogP contribution in [0.1, 0.15) is 11.1 Å². The Bertz CT molecular complexity index is 774. The number of amides is 2. The summed E-state index contributed by atoms with van der Waals surface area (Å²) < 4.78 is 23.6. The number of benzene rings is 2. The minimum Gasteiger partial charge on any atom is -0.395 e. The predicted molar refractivity (Wildman–Crippen MR) is 96.0 cm³/mol. The number of carbonyl (C=O) groups excluding carboxylic acids is 1.